The SMILES string of the molecule is Cc1cc(C(=O)NCCC(N)=NO)n(C)n1. The summed E-state index contributed by atoms with van der Waals surface area (Å²) < 4.78 is 1.51. The number of hydrogen-bond acceptors (Lipinski definition) is 4. The van der Waals surface area contributed by atoms with Crippen molar-refractivity contribution in [1.29, 1.82) is 0 Å². The van der Waals surface area contributed by atoms with Gasteiger partial charge in [0, 0.05) is 20.0 Å². The molecule has 1 rings (SSSR count). The minimum atomic E-state index is -0.228. The van der Waals surface area contributed by atoms with E-state index in [9.17, 15) is 4.79 Å². The first-order valence-corrected chi connectivity index (χ1v) is 4.80. The summed E-state index contributed by atoms with van der Waals surface area (Å²) in [5, 5.41) is 17.8. The molecule has 7 nitrogen and oxygen atoms in total. The number of carbonyl (C=O) groups excluding carboxylic acids is 1. The second-order valence-corrected chi connectivity index (χ2v) is 3.39. The minimum Gasteiger partial charge on any atom is -0.409 e. The third-order valence-corrected chi connectivity index (χ3v) is 2.03. The number of nitrogens with two attached hydrogens (primary N) is 1. The fraction of sp³-hybridized carbons (Fsp3) is 0.444. The van der Waals surface area contributed by atoms with Gasteiger partial charge >= 0.3 is 0 Å². The van der Waals surface area contributed by atoms with Crippen molar-refractivity contribution in [2.24, 2.45) is 17.9 Å². The Balaban J connectivity index is 2.50. The van der Waals surface area contributed by atoms with Crippen molar-refractivity contribution in [2.75, 3.05) is 6.54 Å². The van der Waals surface area contributed by atoms with Crippen molar-refractivity contribution in [3.05, 3.63) is 17.5 Å². The first-order valence-electron chi connectivity index (χ1n) is 4.80. The molecular formula is C9H15N5O2. The second kappa shape index (κ2) is 5.15. The molecule has 0 aliphatic heterocycles. The molecule has 0 aliphatic rings. The van der Waals surface area contributed by atoms with Crippen molar-refractivity contribution < 1.29 is 10.0 Å². The Bertz CT molecular complexity index is 410. The van der Waals surface area contributed by atoms with Gasteiger partial charge in [-0.15, -0.1) is 0 Å². The van der Waals surface area contributed by atoms with Crippen LogP contribution in [0.5, 0.6) is 0 Å². The van der Waals surface area contributed by atoms with Crippen molar-refractivity contribution in [3.63, 3.8) is 0 Å². The van der Waals surface area contributed by atoms with Crippen LogP contribution in [-0.2, 0) is 7.05 Å². The van der Waals surface area contributed by atoms with E-state index in [-0.39, 0.29) is 11.7 Å². The average Bonchev–Trinajstić information content (AvgIpc) is 2.57. The number of rotatable bonds is 4. The average molecular weight is 225 g/mol. The normalized spacial score (nSPS) is 11.5. The molecule has 16 heavy (non-hydrogen) atoms. The molecule has 1 heterocycles. The zero-order chi connectivity index (χ0) is 12.1. The van der Waals surface area contributed by atoms with Crippen LogP contribution >= 0.6 is 0 Å². The monoisotopic (exact) mass is 225 g/mol. The van der Waals surface area contributed by atoms with Crippen LogP contribution in [0.25, 0.3) is 0 Å². The highest BCUT2D eigenvalue weighted by Crippen LogP contribution is 2.01. The summed E-state index contributed by atoms with van der Waals surface area (Å²) in [4.78, 5) is 11.6. The van der Waals surface area contributed by atoms with Crippen LogP contribution < -0.4 is 11.1 Å². The van der Waals surface area contributed by atoms with Crippen molar-refractivity contribution >= 4 is 11.7 Å². The van der Waals surface area contributed by atoms with Gasteiger partial charge in [-0.3, -0.25) is 9.48 Å². The van der Waals surface area contributed by atoms with E-state index >= 15 is 0 Å². The van der Waals surface area contributed by atoms with Gasteiger partial charge in [0.1, 0.15) is 11.5 Å². The van der Waals surface area contributed by atoms with E-state index < -0.39 is 0 Å². The van der Waals surface area contributed by atoms with E-state index in [1.165, 1.54) is 4.68 Å². The van der Waals surface area contributed by atoms with Crippen LogP contribution in [0.1, 0.15) is 22.6 Å². The van der Waals surface area contributed by atoms with Gasteiger partial charge in [0.15, 0.2) is 0 Å². The lowest BCUT2D eigenvalue weighted by Gasteiger charge is -2.04. The molecule has 1 amide bonds. The second-order valence-electron chi connectivity index (χ2n) is 3.39. The molecule has 1 aromatic heterocycles. The van der Waals surface area contributed by atoms with E-state index in [0.717, 1.165) is 5.69 Å². The Morgan fingerprint density at radius 1 is 1.75 bits per heavy atom. The molecule has 0 aliphatic carbocycles. The summed E-state index contributed by atoms with van der Waals surface area (Å²) >= 11 is 0. The van der Waals surface area contributed by atoms with Gasteiger partial charge in [-0.05, 0) is 13.0 Å². The highest BCUT2D eigenvalue weighted by atomic mass is 16.4. The quantitative estimate of drug-likeness (QED) is 0.280. The predicted molar refractivity (Wildman–Crippen MR) is 58.3 cm³/mol. The summed E-state index contributed by atoms with van der Waals surface area (Å²) in [5.41, 5.74) is 6.53. The minimum absolute atomic E-state index is 0.0847. The van der Waals surface area contributed by atoms with Gasteiger partial charge in [-0.2, -0.15) is 5.10 Å². The number of hydrogen-bond donors (Lipinski definition) is 3. The molecule has 4 N–H and O–H groups in total. The third-order valence-electron chi connectivity index (χ3n) is 2.03. The molecule has 0 saturated heterocycles. The molecule has 0 saturated carbocycles. The standard InChI is InChI=1S/C9H15N5O2/c1-6-5-7(14(2)12-6)9(15)11-4-3-8(10)13-16/h5,16H,3-4H2,1-2H3,(H2,10,13)(H,11,15). The van der Waals surface area contributed by atoms with Crippen LogP contribution in [0.3, 0.4) is 0 Å². The van der Waals surface area contributed by atoms with Gasteiger partial charge in [-0.1, -0.05) is 5.16 Å². The number of amides is 1. The molecule has 0 radical (unpaired) electrons. The maximum Gasteiger partial charge on any atom is 0.269 e. The van der Waals surface area contributed by atoms with Crippen LogP contribution in [-0.4, -0.2) is 33.3 Å². The van der Waals surface area contributed by atoms with E-state index in [4.69, 9.17) is 10.9 Å². The highest BCUT2D eigenvalue weighted by molar-refractivity contribution is 5.93. The Kier molecular flexibility index (Phi) is 3.87. The fourth-order valence-corrected chi connectivity index (χ4v) is 1.27. The molecule has 7 heteroatoms. The zero-order valence-corrected chi connectivity index (χ0v) is 9.27. The molecule has 0 unspecified atom stereocenters. The number of aromatic nitrogens is 2. The van der Waals surface area contributed by atoms with Crippen LogP contribution in [0, 0.1) is 6.92 Å². The van der Waals surface area contributed by atoms with Gasteiger partial charge in [0.05, 0.1) is 5.69 Å². The largest absolute Gasteiger partial charge is 0.409 e. The Labute approximate surface area is 92.9 Å². The van der Waals surface area contributed by atoms with Crippen molar-refractivity contribution in [2.45, 2.75) is 13.3 Å². The zero-order valence-electron chi connectivity index (χ0n) is 9.27. The smallest absolute Gasteiger partial charge is 0.269 e. The van der Waals surface area contributed by atoms with E-state index in [0.29, 0.717) is 18.7 Å². The number of carbonyl (C=O) groups is 1. The summed E-state index contributed by atoms with van der Waals surface area (Å²) in [6.07, 6.45) is 0.305. The summed E-state index contributed by atoms with van der Waals surface area (Å²) in [5.74, 6) is -0.143. The highest BCUT2D eigenvalue weighted by Gasteiger charge is 2.10. The lowest BCUT2D eigenvalue weighted by molar-refractivity contribution is 0.0945. The van der Waals surface area contributed by atoms with Gasteiger partial charge in [0.2, 0.25) is 0 Å². The maximum atomic E-state index is 11.6. The molecule has 0 bridgehead atoms. The number of amidine groups is 1. The van der Waals surface area contributed by atoms with Crippen molar-refractivity contribution in [1.82, 2.24) is 15.1 Å². The van der Waals surface area contributed by atoms with E-state index in [1.54, 1.807) is 13.1 Å². The molecule has 88 valence electrons. The number of nitrogens with one attached hydrogen (secondary N) is 1. The maximum absolute atomic E-state index is 11.6. The lowest BCUT2D eigenvalue weighted by atomic mass is 10.3. The first kappa shape index (κ1) is 12.0. The Hall–Kier alpha value is -2.05. The predicted octanol–water partition coefficient (Wildman–Crippen LogP) is -0.405. The molecule has 0 fully saturated rings. The third kappa shape index (κ3) is 2.97. The molecular weight excluding hydrogens is 210 g/mol. The summed E-state index contributed by atoms with van der Waals surface area (Å²) in [6.45, 7) is 2.13. The Morgan fingerprint density at radius 3 is 2.94 bits per heavy atom. The van der Waals surface area contributed by atoms with Crippen LogP contribution in [0.15, 0.2) is 11.2 Å². The van der Waals surface area contributed by atoms with Gasteiger partial charge in [0.25, 0.3) is 5.91 Å². The van der Waals surface area contributed by atoms with Gasteiger partial charge < -0.3 is 16.3 Å². The Morgan fingerprint density at radius 2 is 2.44 bits per heavy atom. The van der Waals surface area contributed by atoms with E-state index in [1.807, 2.05) is 6.92 Å². The van der Waals surface area contributed by atoms with E-state index in [2.05, 4.69) is 15.6 Å². The molecule has 0 spiro atoms. The number of oxime groups is 1. The summed E-state index contributed by atoms with van der Waals surface area (Å²) in [6, 6.07) is 1.69. The molecule has 0 aromatic carbocycles. The van der Waals surface area contributed by atoms with Gasteiger partial charge in [-0.25, -0.2) is 0 Å². The first-order chi connectivity index (χ1) is 7.54. The van der Waals surface area contributed by atoms with Crippen LogP contribution in [0.2, 0.25) is 0 Å². The van der Waals surface area contributed by atoms with Crippen LogP contribution in [0.4, 0.5) is 0 Å². The van der Waals surface area contributed by atoms with Crippen molar-refractivity contribution in [3.8, 4) is 0 Å². The lowest BCUT2D eigenvalue weighted by Crippen LogP contribution is -2.29. The topological polar surface area (TPSA) is 106 Å². The number of nitrogens with zero attached hydrogens (tertiary/aromatic N) is 3. The molecule has 0 atom stereocenters. The summed E-state index contributed by atoms with van der Waals surface area (Å²) in [7, 11) is 1.70. The number of aryl methyl sites for hydroxylation is 2. The molecule has 1 aromatic rings. The fourth-order valence-electron chi connectivity index (χ4n) is 1.27.